The van der Waals surface area contributed by atoms with Crippen molar-refractivity contribution >= 4 is 11.7 Å². The molecule has 0 unspecified atom stereocenters. The highest BCUT2D eigenvalue weighted by Crippen LogP contribution is 2.23. The second-order valence-electron chi connectivity index (χ2n) is 4.08. The maximum Gasteiger partial charge on any atom is 0.306 e. The Labute approximate surface area is 93.5 Å². The second kappa shape index (κ2) is 4.51. The summed E-state index contributed by atoms with van der Waals surface area (Å²) < 4.78 is 13.0. The van der Waals surface area contributed by atoms with Crippen molar-refractivity contribution in [2.45, 2.75) is 12.8 Å². The van der Waals surface area contributed by atoms with Gasteiger partial charge in [-0.15, -0.1) is 0 Å². The van der Waals surface area contributed by atoms with Crippen LogP contribution in [-0.4, -0.2) is 24.2 Å². The first-order valence-electron chi connectivity index (χ1n) is 5.40. The van der Waals surface area contributed by atoms with E-state index in [0.29, 0.717) is 25.9 Å². The van der Waals surface area contributed by atoms with Crippen molar-refractivity contribution in [3.63, 3.8) is 0 Å². The Morgan fingerprint density at radius 1 is 1.38 bits per heavy atom. The van der Waals surface area contributed by atoms with Crippen molar-refractivity contribution in [2.24, 2.45) is 5.92 Å². The number of nitrogens with zero attached hydrogens (tertiary/aromatic N) is 1. The Bertz CT molecular complexity index is 386. The Hall–Kier alpha value is -1.58. The quantitative estimate of drug-likeness (QED) is 0.835. The van der Waals surface area contributed by atoms with E-state index in [-0.39, 0.29) is 11.7 Å². The number of hydrogen-bond donors (Lipinski definition) is 1. The van der Waals surface area contributed by atoms with Crippen molar-refractivity contribution in [2.75, 3.05) is 18.0 Å². The lowest BCUT2D eigenvalue weighted by Gasteiger charge is -2.31. The van der Waals surface area contributed by atoms with E-state index in [1.54, 1.807) is 6.07 Å². The number of carbonyl (C=O) groups is 1. The predicted molar refractivity (Wildman–Crippen MR) is 59.0 cm³/mol. The van der Waals surface area contributed by atoms with Crippen LogP contribution in [0.4, 0.5) is 10.1 Å². The average molecular weight is 223 g/mol. The zero-order chi connectivity index (χ0) is 11.5. The molecular weight excluding hydrogens is 209 g/mol. The third kappa shape index (κ3) is 2.32. The molecule has 0 aliphatic carbocycles. The van der Waals surface area contributed by atoms with Gasteiger partial charge in [-0.1, -0.05) is 6.07 Å². The van der Waals surface area contributed by atoms with Gasteiger partial charge >= 0.3 is 5.97 Å². The van der Waals surface area contributed by atoms with Gasteiger partial charge in [0.25, 0.3) is 0 Å². The highest BCUT2D eigenvalue weighted by molar-refractivity contribution is 5.70. The molecule has 0 atom stereocenters. The van der Waals surface area contributed by atoms with Crippen molar-refractivity contribution in [1.82, 2.24) is 0 Å². The van der Waals surface area contributed by atoms with Crippen LogP contribution in [0.5, 0.6) is 0 Å². The number of benzene rings is 1. The Morgan fingerprint density at radius 3 is 2.62 bits per heavy atom. The lowest BCUT2D eigenvalue weighted by Crippen LogP contribution is -2.36. The standard InChI is InChI=1S/C12H14FNO2/c13-10-2-1-3-11(8-10)14-6-4-9(5-7-14)12(15)16/h1-3,8-9H,4-7H2,(H,15,16). The molecular formula is C12H14FNO2. The van der Waals surface area contributed by atoms with E-state index in [2.05, 4.69) is 0 Å². The molecule has 0 aromatic heterocycles. The zero-order valence-electron chi connectivity index (χ0n) is 8.90. The summed E-state index contributed by atoms with van der Waals surface area (Å²) in [5, 5.41) is 8.86. The van der Waals surface area contributed by atoms with Crippen molar-refractivity contribution < 1.29 is 14.3 Å². The summed E-state index contributed by atoms with van der Waals surface area (Å²) in [5.41, 5.74) is 0.837. The monoisotopic (exact) mass is 223 g/mol. The van der Waals surface area contributed by atoms with Gasteiger partial charge in [-0.3, -0.25) is 4.79 Å². The minimum Gasteiger partial charge on any atom is -0.481 e. The van der Waals surface area contributed by atoms with Crippen LogP contribution in [0.3, 0.4) is 0 Å². The number of rotatable bonds is 2. The molecule has 1 fully saturated rings. The Morgan fingerprint density at radius 2 is 2.06 bits per heavy atom. The molecule has 2 rings (SSSR count). The highest BCUT2D eigenvalue weighted by Gasteiger charge is 2.24. The van der Waals surface area contributed by atoms with Gasteiger partial charge in [-0.25, -0.2) is 4.39 Å². The molecule has 0 bridgehead atoms. The fraction of sp³-hybridized carbons (Fsp3) is 0.417. The van der Waals surface area contributed by atoms with Gasteiger partial charge in [0.15, 0.2) is 0 Å². The molecule has 1 N–H and O–H groups in total. The first kappa shape index (κ1) is 10.9. The van der Waals surface area contributed by atoms with Crippen molar-refractivity contribution in [3.05, 3.63) is 30.1 Å². The summed E-state index contributed by atoms with van der Waals surface area (Å²) >= 11 is 0. The molecule has 16 heavy (non-hydrogen) atoms. The normalized spacial score (nSPS) is 17.4. The number of hydrogen-bond acceptors (Lipinski definition) is 2. The third-order valence-corrected chi connectivity index (χ3v) is 3.02. The van der Waals surface area contributed by atoms with Gasteiger partial charge < -0.3 is 10.0 Å². The van der Waals surface area contributed by atoms with Gasteiger partial charge in [0, 0.05) is 18.8 Å². The smallest absolute Gasteiger partial charge is 0.306 e. The molecule has 1 aromatic carbocycles. The number of carboxylic acid groups (broad SMARTS) is 1. The predicted octanol–water partition coefficient (Wildman–Crippen LogP) is 2.13. The van der Waals surface area contributed by atoms with Gasteiger partial charge in [0.1, 0.15) is 5.82 Å². The molecule has 3 nitrogen and oxygen atoms in total. The fourth-order valence-corrected chi connectivity index (χ4v) is 2.06. The molecule has 0 radical (unpaired) electrons. The molecule has 1 aliphatic rings. The largest absolute Gasteiger partial charge is 0.481 e. The van der Waals surface area contributed by atoms with E-state index in [1.807, 2.05) is 11.0 Å². The van der Waals surface area contributed by atoms with Crippen LogP contribution in [0.1, 0.15) is 12.8 Å². The topological polar surface area (TPSA) is 40.5 Å². The van der Waals surface area contributed by atoms with Crippen LogP contribution in [0.2, 0.25) is 0 Å². The van der Waals surface area contributed by atoms with Crippen LogP contribution in [-0.2, 0) is 4.79 Å². The van der Waals surface area contributed by atoms with Gasteiger partial charge in [-0.2, -0.15) is 0 Å². The lowest BCUT2D eigenvalue weighted by molar-refractivity contribution is -0.142. The van der Waals surface area contributed by atoms with Crippen LogP contribution < -0.4 is 4.90 Å². The maximum absolute atomic E-state index is 13.0. The summed E-state index contributed by atoms with van der Waals surface area (Å²) in [7, 11) is 0. The Kier molecular flexibility index (Phi) is 3.08. The van der Waals surface area contributed by atoms with Crippen LogP contribution in [0.15, 0.2) is 24.3 Å². The van der Waals surface area contributed by atoms with Crippen LogP contribution in [0.25, 0.3) is 0 Å². The molecule has 1 heterocycles. The summed E-state index contributed by atoms with van der Waals surface area (Å²) in [5.74, 6) is -1.22. The summed E-state index contributed by atoms with van der Waals surface area (Å²) in [6.07, 6.45) is 1.26. The number of piperidine rings is 1. The molecule has 1 aliphatic heterocycles. The molecule has 1 aromatic rings. The molecule has 0 spiro atoms. The molecule has 0 amide bonds. The molecule has 0 saturated carbocycles. The van der Waals surface area contributed by atoms with E-state index >= 15 is 0 Å². The number of aliphatic carboxylic acids is 1. The maximum atomic E-state index is 13.0. The van der Waals surface area contributed by atoms with Crippen LogP contribution >= 0.6 is 0 Å². The first-order valence-corrected chi connectivity index (χ1v) is 5.40. The number of anilines is 1. The average Bonchev–Trinajstić information content (AvgIpc) is 2.29. The summed E-state index contributed by atoms with van der Waals surface area (Å²) in [4.78, 5) is 12.8. The first-order chi connectivity index (χ1) is 7.66. The molecule has 4 heteroatoms. The van der Waals surface area contributed by atoms with E-state index < -0.39 is 5.97 Å². The SMILES string of the molecule is O=C(O)C1CCN(c2cccc(F)c2)CC1. The number of halogens is 1. The molecule has 86 valence electrons. The minimum absolute atomic E-state index is 0.246. The number of carboxylic acids is 1. The van der Waals surface area contributed by atoms with Gasteiger partial charge in [-0.05, 0) is 31.0 Å². The highest BCUT2D eigenvalue weighted by atomic mass is 19.1. The third-order valence-electron chi connectivity index (χ3n) is 3.02. The van der Waals surface area contributed by atoms with E-state index in [9.17, 15) is 9.18 Å². The zero-order valence-corrected chi connectivity index (χ0v) is 8.90. The second-order valence-corrected chi connectivity index (χ2v) is 4.08. The van der Waals surface area contributed by atoms with Crippen LogP contribution in [0, 0.1) is 11.7 Å². The molecule has 1 saturated heterocycles. The minimum atomic E-state index is -0.723. The fourth-order valence-electron chi connectivity index (χ4n) is 2.06. The summed E-state index contributed by atoms with van der Waals surface area (Å²) in [6, 6.07) is 6.42. The summed E-state index contributed by atoms with van der Waals surface area (Å²) in [6.45, 7) is 1.36. The Balaban J connectivity index is 2.01. The van der Waals surface area contributed by atoms with E-state index in [0.717, 1.165) is 5.69 Å². The van der Waals surface area contributed by atoms with Gasteiger partial charge in [0.2, 0.25) is 0 Å². The van der Waals surface area contributed by atoms with Gasteiger partial charge in [0.05, 0.1) is 5.92 Å². The van der Waals surface area contributed by atoms with E-state index in [1.165, 1.54) is 12.1 Å². The lowest BCUT2D eigenvalue weighted by atomic mass is 9.97. The van der Waals surface area contributed by atoms with E-state index in [4.69, 9.17) is 5.11 Å². The van der Waals surface area contributed by atoms with Crippen molar-refractivity contribution in [1.29, 1.82) is 0 Å². The van der Waals surface area contributed by atoms with Crippen molar-refractivity contribution in [3.8, 4) is 0 Å².